The van der Waals surface area contributed by atoms with E-state index in [9.17, 15) is 4.79 Å². The normalized spacial score (nSPS) is 10.7. The van der Waals surface area contributed by atoms with E-state index < -0.39 is 5.91 Å². The molecule has 0 aliphatic rings. The summed E-state index contributed by atoms with van der Waals surface area (Å²) in [5.41, 5.74) is 3.24. The van der Waals surface area contributed by atoms with Gasteiger partial charge in [-0.2, -0.15) is 5.10 Å². The van der Waals surface area contributed by atoms with Gasteiger partial charge < -0.3 is 9.15 Å². The Morgan fingerprint density at radius 1 is 1.35 bits per heavy atom. The molecule has 0 saturated carbocycles. The van der Waals surface area contributed by atoms with Gasteiger partial charge >= 0.3 is 5.91 Å². The first-order chi connectivity index (χ1) is 9.69. The van der Waals surface area contributed by atoms with Crippen LogP contribution in [0.3, 0.4) is 0 Å². The van der Waals surface area contributed by atoms with Crippen LogP contribution in [-0.2, 0) is 0 Å². The first kappa shape index (κ1) is 14.3. The quantitative estimate of drug-likeness (QED) is 0.673. The molecule has 6 heteroatoms. The lowest BCUT2D eigenvalue weighted by molar-refractivity contribution is 0.0926. The van der Waals surface area contributed by atoms with Crippen molar-refractivity contribution in [3.63, 3.8) is 0 Å². The second-order valence-electron chi connectivity index (χ2n) is 3.80. The minimum Gasteiger partial charge on any atom is -0.494 e. The number of amides is 1. The molecule has 1 heterocycles. The molecule has 0 unspecified atom stereocenters. The van der Waals surface area contributed by atoms with Crippen LogP contribution < -0.4 is 10.2 Å². The highest BCUT2D eigenvalue weighted by molar-refractivity contribution is 9.10. The Labute approximate surface area is 124 Å². The second kappa shape index (κ2) is 6.91. The number of benzene rings is 1. The van der Waals surface area contributed by atoms with E-state index in [0.29, 0.717) is 11.3 Å². The van der Waals surface area contributed by atoms with Crippen molar-refractivity contribution in [3.05, 3.63) is 52.4 Å². The monoisotopic (exact) mass is 336 g/mol. The number of ether oxygens (including phenoxy) is 1. The highest BCUT2D eigenvalue weighted by Crippen LogP contribution is 2.13. The number of hydrogen-bond donors (Lipinski definition) is 1. The van der Waals surface area contributed by atoms with E-state index in [1.165, 1.54) is 0 Å². The van der Waals surface area contributed by atoms with Gasteiger partial charge in [-0.05, 0) is 64.8 Å². The lowest BCUT2D eigenvalue weighted by atomic mass is 10.2. The fourth-order valence-corrected chi connectivity index (χ4v) is 1.78. The fraction of sp³-hybridized carbons (Fsp3) is 0.143. The Hall–Kier alpha value is -2.08. The van der Waals surface area contributed by atoms with Gasteiger partial charge in [0.2, 0.25) is 0 Å². The van der Waals surface area contributed by atoms with E-state index in [-0.39, 0.29) is 5.76 Å². The Morgan fingerprint density at radius 3 is 2.70 bits per heavy atom. The van der Waals surface area contributed by atoms with E-state index in [1.807, 2.05) is 31.2 Å². The maximum atomic E-state index is 11.6. The highest BCUT2D eigenvalue weighted by atomic mass is 79.9. The summed E-state index contributed by atoms with van der Waals surface area (Å²) in [4.78, 5) is 11.6. The molecule has 2 rings (SSSR count). The SMILES string of the molecule is CCOc1ccc(C=NNC(=O)c2ccc(Br)o2)cc1. The lowest BCUT2D eigenvalue weighted by Gasteiger charge is -2.02. The summed E-state index contributed by atoms with van der Waals surface area (Å²) in [6.07, 6.45) is 1.55. The standard InChI is InChI=1S/C14H13BrN2O3/c1-2-19-11-5-3-10(4-6-11)9-16-17-14(18)12-7-8-13(15)20-12/h3-9H,2H2,1H3,(H,17,18). The van der Waals surface area contributed by atoms with Crippen LogP contribution in [0.1, 0.15) is 23.0 Å². The Kier molecular flexibility index (Phi) is 4.95. The summed E-state index contributed by atoms with van der Waals surface area (Å²) in [6, 6.07) is 10.6. The minimum absolute atomic E-state index is 0.195. The number of carbonyl (C=O) groups is 1. The highest BCUT2D eigenvalue weighted by Gasteiger charge is 2.08. The van der Waals surface area contributed by atoms with Crippen molar-refractivity contribution in [2.75, 3.05) is 6.61 Å². The maximum Gasteiger partial charge on any atom is 0.307 e. The van der Waals surface area contributed by atoms with Crippen LogP contribution in [0.2, 0.25) is 0 Å². The average Bonchev–Trinajstić information content (AvgIpc) is 2.88. The zero-order chi connectivity index (χ0) is 14.4. The second-order valence-corrected chi connectivity index (χ2v) is 4.59. The molecular formula is C14H13BrN2O3. The summed E-state index contributed by atoms with van der Waals surface area (Å²) < 4.78 is 10.9. The first-order valence-electron chi connectivity index (χ1n) is 6.00. The maximum absolute atomic E-state index is 11.6. The Bertz CT molecular complexity index is 605. The predicted molar refractivity (Wildman–Crippen MR) is 79.1 cm³/mol. The Morgan fingerprint density at radius 2 is 2.10 bits per heavy atom. The lowest BCUT2D eigenvalue weighted by Crippen LogP contribution is -2.16. The molecule has 0 saturated heterocycles. The summed E-state index contributed by atoms with van der Waals surface area (Å²) in [5, 5.41) is 3.86. The van der Waals surface area contributed by atoms with Gasteiger partial charge in [0, 0.05) is 0 Å². The van der Waals surface area contributed by atoms with Crippen molar-refractivity contribution in [2.24, 2.45) is 5.10 Å². The van der Waals surface area contributed by atoms with Crippen LogP contribution >= 0.6 is 15.9 Å². The van der Waals surface area contributed by atoms with Crippen LogP contribution in [0.4, 0.5) is 0 Å². The summed E-state index contributed by atoms with van der Waals surface area (Å²) in [7, 11) is 0. The molecule has 1 amide bonds. The van der Waals surface area contributed by atoms with Gasteiger partial charge in [0.25, 0.3) is 0 Å². The number of nitrogens with zero attached hydrogens (tertiary/aromatic N) is 1. The third-order valence-corrected chi connectivity index (χ3v) is 2.79. The number of rotatable bonds is 5. The summed E-state index contributed by atoms with van der Waals surface area (Å²) in [6.45, 7) is 2.56. The van der Waals surface area contributed by atoms with E-state index in [0.717, 1.165) is 11.3 Å². The van der Waals surface area contributed by atoms with Gasteiger partial charge in [0.05, 0.1) is 12.8 Å². The van der Waals surface area contributed by atoms with Crippen molar-refractivity contribution >= 4 is 28.1 Å². The van der Waals surface area contributed by atoms with Gasteiger partial charge in [-0.3, -0.25) is 4.79 Å². The molecule has 1 N–H and O–H groups in total. The van der Waals surface area contributed by atoms with Crippen LogP contribution in [-0.4, -0.2) is 18.7 Å². The molecule has 0 radical (unpaired) electrons. The number of furan rings is 1. The number of nitrogens with one attached hydrogen (secondary N) is 1. The topological polar surface area (TPSA) is 63.8 Å². The smallest absolute Gasteiger partial charge is 0.307 e. The molecule has 2 aromatic rings. The van der Waals surface area contributed by atoms with E-state index >= 15 is 0 Å². The summed E-state index contributed by atoms with van der Waals surface area (Å²) >= 11 is 3.13. The third-order valence-electron chi connectivity index (χ3n) is 2.37. The van der Waals surface area contributed by atoms with E-state index in [2.05, 4.69) is 26.5 Å². The zero-order valence-electron chi connectivity index (χ0n) is 10.8. The van der Waals surface area contributed by atoms with Crippen molar-refractivity contribution in [3.8, 4) is 5.75 Å². The van der Waals surface area contributed by atoms with Crippen molar-refractivity contribution < 1.29 is 13.9 Å². The molecule has 0 spiro atoms. The van der Waals surface area contributed by atoms with Gasteiger partial charge in [-0.25, -0.2) is 5.43 Å². The fourth-order valence-electron chi connectivity index (χ4n) is 1.47. The van der Waals surface area contributed by atoms with Crippen LogP contribution in [0.5, 0.6) is 5.75 Å². The van der Waals surface area contributed by atoms with Crippen LogP contribution in [0, 0.1) is 0 Å². The van der Waals surface area contributed by atoms with Gasteiger partial charge in [0.1, 0.15) is 5.75 Å². The van der Waals surface area contributed by atoms with Crippen molar-refractivity contribution in [1.82, 2.24) is 5.43 Å². The van der Waals surface area contributed by atoms with Crippen molar-refractivity contribution in [2.45, 2.75) is 6.92 Å². The Balaban J connectivity index is 1.91. The molecule has 0 atom stereocenters. The van der Waals surface area contributed by atoms with E-state index in [4.69, 9.17) is 9.15 Å². The molecule has 20 heavy (non-hydrogen) atoms. The number of halogens is 1. The zero-order valence-corrected chi connectivity index (χ0v) is 12.4. The van der Waals surface area contributed by atoms with Crippen molar-refractivity contribution in [1.29, 1.82) is 0 Å². The molecule has 0 aliphatic carbocycles. The molecule has 0 bridgehead atoms. The molecule has 0 aliphatic heterocycles. The number of hydrogen-bond acceptors (Lipinski definition) is 4. The third kappa shape index (κ3) is 3.96. The van der Waals surface area contributed by atoms with E-state index in [1.54, 1.807) is 18.3 Å². The first-order valence-corrected chi connectivity index (χ1v) is 6.80. The molecule has 1 aromatic carbocycles. The van der Waals surface area contributed by atoms with Gasteiger partial charge in [-0.1, -0.05) is 0 Å². The molecular weight excluding hydrogens is 324 g/mol. The number of hydrazone groups is 1. The number of carbonyl (C=O) groups excluding carboxylic acids is 1. The largest absolute Gasteiger partial charge is 0.494 e. The van der Waals surface area contributed by atoms with Crippen LogP contribution in [0.15, 0.2) is 50.6 Å². The molecule has 0 fully saturated rings. The van der Waals surface area contributed by atoms with Gasteiger partial charge in [-0.15, -0.1) is 0 Å². The molecule has 5 nitrogen and oxygen atoms in total. The average molecular weight is 337 g/mol. The summed E-state index contributed by atoms with van der Waals surface area (Å²) in [5.74, 6) is 0.590. The molecule has 1 aromatic heterocycles. The molecule has 104 valence electrons. The predicted octanol–water partition coefficient (Wildman–Crippen LogP) is 3.20. The van der Waals surface area contributed by atoms with Gasteiger partial charge in [0.15, 0.2) is 10.4 Å². The minimum atomic E-state index is -0.405. The van der Waals surface area contributed by atoms with Crippen LogP contribution in [0.25, 0.3) is 0 Å².